The van der Waals surface area contributed by atoms with E-state index in [0.29, 0.717) is 11.3 Å². The number of esters is 1. The molecule has 1 aliphatic rings. The lowest BCUT2D eigenvalue weighted by Gasteiger charge is -2.23. The average Bonchev–Trinajstić information content (AvgIpc) is 3.25. The van der Waals surface area contributed by atoms with Gasteiger partial charge in [0.25, 0.3) is 0 Å². The average molecular weight is 363 g/mol. The molecular weight excluding hydrogens is 346 g/mol. The van der Waals surface area contributed by atoms with Crippen LogP contribution >= 0.6 is 0 Å². The van der Waals surface area contributed by atoms with Crippen LogP contribution in [-0.2, 0) is 16.0 Å². The largest absolute Gasteiger partial charge is 0.466 e. The number of fused-ring (bicyclic) bond motifs is 2. The molecule has 2 aromatic heterocycles. The first-order chi connectivity index (χ1) is 13.1. The highest BCUT2D eigenvalue weighted by Gasteiger charge is 2.36. The zero-order chi connectivity index (χ0) is 19.0. The van der Waals surface area contributed by atoms with Crippen LogP contribution in [-0.4, -0.2) is 27.8 Å². The second-order valence-corrected chi connectivity index (χ2v) is 6.12. The fourth-order valence-electron chi connectivity index (χ4n) is 3.44. The van der Waals surface area contributed by atoms with E-state index in [1.165, 1.54) is 0 Å². The maximum atomic E-state index is 12.0. The summed E-state index contributed by atoms with van der Waals surface area (Å²) >= 11 is 0. The Hall–Kier alpha value is -3.73. The van der Waals surface area contributed by atoms with E-state index >= 15 is 0 Å². The summed E-state index contributed by atoms with van der Waals surface area (Å²) in [6.45, 7) is 2.03. The molecule has 0 spiro atoms. The Balaban J connectivity index is 1.89. The van der Waals surface area contributed by atoms with Gasteiger partial charge in [-0.2, -0.15) is 5.26 Å². The van der Waals surface area contributed by atoms with Crippen molar-refractivity contribution in [2.75, 3.05) is 6.61 Å². The summed E-state index contributed by atoms with van der Waals surface area (Å²) < 4.78 is 10.6. The number of ether oxygens (including phenoxy) is 2. The lowest BCUT2D eigenvalue weighted by Crippen LogP contribution is -2.21. The van der Waals surface area contributed by atoms with Gasteiger partial charge in [-0.05, 0) is 18.6 Å². The monoisotopic (exact) mass is 363 g/mol. The van der Waals surface area contributed by atoms with Crippen LogP contribution < -0.4 is 10.5 Å². The molecule has 3 heterocycles. The number of nitriles is 1. The summed E-state index contributed by atoms with van der Waals surface area (Å²) in [5.74, 6) is -0.615. The normalized spacial score (nSPS) is 15.9. The number of carbonyl (C=O) groups excluding carboxylic acids is 1. The highest BCUT2D eigenvalue weighted by Crippen LogP contribution is 2.44. The molecule has 136 valence electrons. The Morgan fingerprint density at radius 1 is 1.44 bits per heavy atom. The van der Waals surface area contributed by atoms with E-state index in [1.54, 1.807) is 6.92 Å². The summed E-state index contributed by atoms with van der Waals surface area (Å²) in [6, 6.07) is 9.92. The minimum absolute atomic E-state index is 0.00297. The van der Waals surface area contributed by atoms with E-state index in [-0.39, 0.29) is 36.3 Å². The minimum atomic E-state index is -0.502. The van der Waals surface area contributed by atoms with E-state index in [0.717, 1.165) is 16.5 Å². The van der Waals surface area contributed by atoms with Gasteiger partial charge in [0.15, 0.2) is 0 Å². The van der Waals surface area contributed by atoms with Gasteiger partial charge in [0.05, 0.1) is 30.2 Å². The van der Waals surface area contributed by atoms with Gasteiger partial charge in [-0.3, -0.25) is 9.89 Å². The standard InChI is InChI=1S/C19H17N5O3/c1-2-26-15(25)7-14-17-16(11(8-20)18(21)27-19(17)24-23-14)12-9-22-13-6-4-3-5-10(12)13/h3-6,9,16,22H,2,7,21H2,1H3,(H,23,24). The summed E-state index contributed by atoms with van der Waals surface area (Å²) in [4.78, 5) is 15.2. The molecule has 0 aliphatic carbocycles. The van der Waals surface area contributed by atoms with E-state index in [4.69, 9.17) is 15.2 Å². The molecule has 8 nitrogen and oxygen atoms in total. The summed E-state index contributed by atoms with van der Waals surface area (Å²) in [5.41, 5.74) is 9.22. The molecule has 0 fully saturated rings. The highest BCUT2D eigenvalue weighted by molar-refractivity contribution is 5.85. The van der Waals surface area contributed by atoms with Gasteiger partial charge >= 0.3 is 5.97 Å². The highest BCUT2D eigenvalue weighted by atomic mass is 16.5. The van der Waals surface area contributed by atoms with E-state index in [2.05, 4.69) is 21.3 Å². The number of hydrogen-bond donors (Lipinski definition) is 3. The first-order valence-electron chi connectivity index (χ1n) is 8.50. The zero-order valence-electron chi connectivity index (χ0n) is 14.6. The molecule has 0 amide bonds. The molecule has 0 bridgehead atoms. The quantitative estimate of drug-likeness (QED) is 0.609. The molecule has 3 aromatic rings. The van der Waals surface area contributed by atoms with Gasteiger partial charge in [-0.1, -0.05) is 18.2 Å². The lowest BCUT2D eigenvalue weighted by molar-refractivity contribution is -0.142. The van der Waals surface area contributed by atoms with Crippen molar-refractivity contribution in [3.8, 4) is 11.9 Å². The predicted octanol–water partition coefficient (Wildman–Crippen LogP) is 2.21. The molecular formula is C19H17N5O3. The number of H-pyrrole nitrogens is 2. The number of nitrogens with zero attached hydrogens (tertiary/aromatic N) is 2. The third kappa shape index (κ3) is 2.69. The van der Waals surface area contributed by atoms with Gasteiger partial charge < -0.3 is 20.2 Å². The third-order valence-corrected chi connectivity index (χ3v) is 4.58. The zero-order valence-corrected chi connectivity index (χ0v) is 14.6. The number of rotatable bonds is 4. The third-order valence-electron chi connectivity index (χ3n) is 4.58. The number of benzene rings is 1. The fraction of sp³-hybridized carbons (Fsp3) is 0.211. The summed E-state index contributed by atoms with van der Waals surface area (Å²) in [7, 11) is 0. The van der Waals surface area contributed by atoms with Crippen LogP contribution in [0.5, 0.6) is 5.88 Å². The number of nitrogens with one attached hydrogen (secondary N) is 2. The SMILES string of the molecule is CCOC(=O)Cc1[nH]nc2c1C(c1c[nH]c3ccccc13)C(C#N)=C(N)O2. The minimum Gasteiger partial charge on any atom is -0.466 e. The topological polar surface area (TPSA) is 130 Å². The second kappa shape index (κ2) is 6.53. The Morgan fingerprint density at radius 2 is 2.26 bits per heavy atom. The van der Waals surface area contributed by atoms with Crippen molar-refractivity contribution in [3.05, 3.63) is 58.7 Å². The second-order valence-electron chi connectivity index (χ2n) is 6.12. The van der Waals surface area contributed by atoms with Crippen molar-refractivity contribution in [1.82, 2.24) is 15.2 Å². The van der Waals surface area contributed by atoms with Crippen molar-refractivity contribution in [3.63, 3.8) is 0 Å². The van der Waals surface area contributed by atoms with Gasteiger partial charge in [0.1, 0.15) is 11.6 Å². The smallest absolute Gasteiger partial charge is 0.311 e. The molecule has 1 atom stereocenters. The molecule has 0 radical (unpaired) electrons. The molecule has 0 saturated heterocycles. The van der Waals surface area contributed by atoms with Crippen molar-refractivity contribution < 1.29 is 14.3 Å². The number of hydrogen-bond acceptors (Lipinski definition) is 6. The molecule has 27 heavy (non-hydrogen) atoms. The van der Waals surface area contributed by atoms with Gasteiger partial charge in [0.2, 0.25) is 11.8 Å². The van der Waals surface area contributed by atoms with E-state index in [9.17, 15) is 10.1 Å². The molecule has 1 aliphatic heterocycles. The number of aromatic amines is 2. The van der Waals surface area contributed by atoms with E-state index in [1.807, 2.05) is 30.5 Å². The number of allylic oxidation sites excluding steroid dienone is 1. The Labute approximate surface area is 154 Å². The lowest BCUT2D eigenvalue weighted by atomic mass is 9.83. The van der Waals surface area contributed by atoms with Crippen LogP contribution in [0.15, 0.2) is 41.9 Å². The maximum absolute atomic E-state index is 12.0. The van der Waals surface area contributed by atoms with Crippen molar-refractivity contribution in [2.24, 2.45) is 5.73 Å². The van der Waals surface area contributed by atoms with Gasteiger partial charge in [-0.25, -0.2) is 0 Å². The molecule has 1 unspecified atom stereocenters. The van der Waals surface area contributed by atoms with Crippen LogP contribution in [0.4, 0.5) is 0 Å². The molecule has 4 N–H and O–H groups in total. The Bertz CT molecular complexity index is 1100. The maximum Gasteiger partial charge on any atom is 0.311 e. The van der Waals surface area contributed by atoms with Crippen LogP contribution in [0.1, 0.15) is 29.7 Å². The molecule has 1 aromatic carbocycles. The van der Waals surface area contributed by atoms with Crippen LogP contribution in [0, 0.1) is 11.3 Å². The van der Waals surface area contributed by atoms with Crippen LogP contribution in [0.2, 0.25) is 0 Å². The number of aromatic nitrogens is 3. The Morgan fingerprint density at radius 3 is 3.04 bits per heavy atom. The number of para-hydroxylation sites is 1. The van der Waals surface area contributed by atoms with Gasteiger partial charge in [0, 0.05) is 17.1 Å². The predicted molar refractivity (Wildman–Crippen MR) is 96.5 cm³/mol. The van der Waals surface area contributed by atoms with E-state index < -0.39 is 5.92 Å². The molecule has 8 heteroatoms. The number of nitrogens with two attached hydrogens (primary N) is 1. The van der Waals surface area contributed by atoms with Crippen molar-refractivity contribution in [2.45, 2.75) is 19.3 Å². The fourth-order valence-corrected chi connectivity index (χ4v) is 3.44. The van der Waals surface area contributed by atoms with Crippen LogP contribution in [0.25, 0.3) is 10.9 Å². The Kier molecular flexibility index (Phi) is 4.05. The van der Waals surface area contributed by atoms with Crippen molar-refractivity contribution in [1.29, 1.82) is 5.26 Å². The first kappa shape index (κ1) is 16.7. The number of carbonyl (C=O) groups is 1. The first-order valence-corrected chi connectivity index (χ1v) is 8.50. The van der Waals surface area contributed by atoms with Gasteiger partial charge in [-0.15, -0.1) is 5.10 Å². The molecule has 4 rings (SSSR count). The van der Waals surface area contributed by atoms with Crippen LogP contribution in [0.3, 0.4) is 0 Å². The van der Waals surface area contributed by atoms with Crippen molar-refractivity contribution >= 4 is 16.9 Å². The summed E-state index contributed by atoms with van der Waals surface area (Å²) in [5, 5.41) is 17.7. The molecule has 0 saturated carbocycles. The summed E-state index contributed by atoms with van der Waals surface area (Å²) in [6.07, 6.45) is 1.84.